The van der Waals surface area contributed by atoms with Gasteiger partial charge in [0.2, 0.25) is 0 Å². The van der Waals surface area contributed by atoms with E-state index in [1.807, 2.05) is 37.4 Å². The van der Waals surface area contributed by atoms with E-state index in [1.165, 1.54) is 0 Å². The first kappa shape index (κ1) is 20.1. The van der Waals surface area contributed by atoms with E-state index in [4.69, 9.17) is 16.5 Å². The Morgan fingerprint density at radius 1 is 1.22 bits per heavy atom. The number of nitrogens with one attached hydrogen (secondary N) is 1. The first-order valence-corrected chi connectivity index (χ1v) is 10.6. The number of aromatic amines is 1. The van der Waals surface area contributed by atoms with Crippen molar-refractivity contribution in [2.75, 3.05) is 18.0 Å². The van der Waals surface area contributed by atoms with Crippen LogP contribution < -0.4 is 16.4 Å². The number of amides is 1. The maximum absolute atomic E-state index is 11.7. The van der Waals surface area contributed by atoms with E-state index in [0.717, 1.165) is 57.8 Å². The topological polar surface area (TPSA) is 127 Å². The van der Waals surface area contributed by atoms with Crippen LogP contribution in [0.15, 0.2) is 48.9 Å². The first-order chi connectivity index (χ1) is 15.3. The number of fused-ring (bicyclic) bond motifs is 1. The maximum Gasteiger partial charge on any atom is 0.267 e. The second-order valence-corrected chi connectivity index (χ2v) is 8.76. The van der Waals surface area contributed by atoms with Crippen LogP contribution in [-0.2, 0) is 0 Å². The quantitative estimate of drug-likeness (QED) is 0.459. The monoisotopic (exact) mass is 427 g/mol. The van der Waals surface area contributed by atoms with Crippen LogP contribution in [0.5, 0.6) is 0 Å². The molecule has 1 saturated heterocycles. The van der Waals surface area contributed by atoms with Gasteiger partial charge in [0.05, 0.1) is 22.3 Å². The molecule has 32 heavy (non-hydrogen) atoms. The summed E-state index contributed by atoms with van der Waals surface area (Å²) < 4.78 is 0. The van der Waals surface area contributed by atoms with Crippen molar-refractivity contribution in [3.8, 4) is 22.5 Å². The summed E-state index contributed by atoms with van der Waals surface area (Å²) in [4.78, 5) is 31.0. The van der Waals surface area contributed by atoms with Crippen molar-refractivity contribution in [2.45, 2.75) is 25.8 Å². The molecule has 1 aliphatic heterocycles. The van der Waals surface area contributed by atoms with Gasteiger partial charge >= 0.3 is 0 Å². The normalized spacial score (nSPS) is 18.4. The molecule has 3 aromatic heterocycles. The minimum Gasteiger partial charge on any atom is -0.368 e. The number of H-pyrrole nitrogens is 1. The number of aryl methyl sites for hydroxylation is 1. The molecule has 1 unspecified atom stereocenters. The lowest BCUT2D eigenvalue weighted by Crippen LogP contribution is -2.39. The third-order valence-corrected chi connectivity index (χ3v) is 6.03. The van der Waals surface area contributed by atoms with E-state index >= 15 is 0 Å². The summed E-state index contributed by atoms with van der Waals surface area (Å²) >= 11 is 0. The molecule has 0 bridgehead atoms. The summed E-state index contributed by atoms with van der Waals surface area (Å²) in [7, 11) is 0. The van der Waals surface area contributed by atoms with Crippen molar-refractivity contribution in [1.29, 1.82) is 0 Å². The highest BCUT2D eigenvalue weighted by Gasteiger charge is 2.33. The highest BCUT2D eigenvalue weighted by atomic mass is 16.1. The van der Waals surface area contributed by atoms with Crippen LogP contribution in [0.25, 0.3) is 33.5 Å². The molecule has 0 spiro atoms. The average Bonchev–Trinajstić information content (AvgIpc) is 3.37. The minimum atomic E-state index is -0.569. The van der Waals surface area contributed by atoms with Crippen LogP contribution in [0.1, 0.15) is 29.4 Å². The van der Waals surface area contributed by atoms with Crippen LogP contribution in [0, 0.1) is 6.92 Å². The molecule has 0 aliphatic carbocycles. The predicted molar refractivity (Wildman–Crippen MR) is 125 cm³/mol. The number of benzene rings is 1. The van der Waals surface area contributed by atoms with Crippen LogP contribution in [0.2, 0.25) is 0 Å². The third kappa shape index (κ3) is 3.48. The molecule has 0 radical (unpaired) electrons. The Hall–Kier alpha value is -3.78. The first-order valence-electron chi connectivity index (χ1n) is 10.6. The number of hydrogen-bond acceptors (Lipinski definition) is 6. The van der Waals surface area contributed by atoms with E-state index in [9.17, 15) is 4.79 Å². The number of anilines is 1. The average molecular weight is 428 g/mol. The summed E-state index contributed by atoms with van der Waals surface area (Å²) in [5.41, 5.74) is 18.4. The molecule has 8 nitrogen and oxygen atoms in total. The summed E-state index contributed by atoms with van der Waals surface area (Å²) in [5.74, 6) is 0.175. The summed E-state index contributed by atoms with van der Waals surface area (Å²) in [6, 6.07) is 9.64. The smallest absolute Gasteiger partial charge is 0.267 e. The Balaban J connectivity index is 1.74. The molecule has 8 heteroatoms. The SMILES string of the molecule is Cc1cccc2[nH]c(-c3cncc(-c4ccnc(C(N)=O)c4)c3N3CCC(C)(N)C3)nc12. The van der Waals surface area contributed by atoms with E-state index < -0.39 is 5.91 Å². The van der Waals surface area contributed by atoms with Crippen LogP contribution in [0.3, 0.4) is 0 Å². The lowest BCUT2D eigenvalue weighted by molar-refractivity contribution is 0.0995. The fraction of sp³-hybridized carbons (Fsp3) is 0.250. The lowest BCUT2D eigenvalue weighted by Gasteiger charge is -2.26. The number of primary amides is 1. The molecule has 1 fully saturated rings. The number of aromatic nitrogens is 4. The molecule has 5 rings (SSSR count). The summed E-state index contributed by atoms with van der Waals surface area (Å²) in [5, 5.41) is 0. The number of pyridine rings is 2. The molecule has 1 aromatic carbocycles. The number of imidazole rings is 1. The van der Waals surface area contributed by atoms with Gasteiger partial charge < -0.3 is 21.4 Å². The zero-order valence-electron chi connectivity index (χ0n) is 18.1. The standard InChI is InChI=1S/C24H25N7O/c1-14-4-3-5-18-20(14)30-23(29-18)17-12-27-11-16(15-6-8-28-19(10-15)22(25)32)21(17)31-9-7-24(2,26)13-31/h3-6,8,10-12H,7,9,13,26H2,1-2H3,(H2,25,32)(H,29,30). The van der Waals surface area contributed by atoms with Crippen molar-refractivity contribution in [3.63, 3.8) is 0 Å². The number of nitrogens with two attached hydrogens (primary N) is 2. The van der Waals surface area contributed by atoms with E-state index in [0.29, 0.717) is 6.54 Å². The van der Waals surface area contributed by atoms with Crippen LogP contribution >= 0.6 is 0 Å². The molecule has 1 amide bonds. The van der Waals surface area contributed by atoms with E-state index in [-0.39, 0.29) is 11.2 Å². The Morgan fingerprint density at radius 3 is 2.75 bits per heavy atom. The van der Waals surface area contributed by atoms with Crippen molar-refractivity contribution < 1.29 is 4.79 Å². The largest absolute Gasteiger partial charge is 0.368 e. The molecular formula is C24H25N7O. The number of carbonyl (C=O) groups excluding carboxylic acids is 1. The number of rotatable bonds is 4. The van der Waals surface area contributed by atoms with Gasteiger partial charge in [-0.1, -0.05) is 12.1 Å². The van der Waals surface area contributed by atoms with E-state index in [1.54, 1.807) is 18.5 Å². The van der Waals surface area contributed by atoms with Crippen molar-refractivity contribution in [2.24, 2.45) is 11.5 Å². The molecule has 0 saturated carbocycles. The fourth-order valence-corrected chi connectivity index (χ4v) is 4.39. The zero-order chi connectivity index (χ0) is 22.5. The fourth-order valence-electron chi connectivity index (χ4n) is 4.39. The summed E-state index contributed by atoms with van der Waals surface area (Å²) in [6.07, 6.45) is 6.09. The predicted octanol–water partition coefficient (Wildman–Crippen LogP) is 3.02. The lowest BCUT2D eigenvalue weighted by atomic mass is 10.0. The molecule has 1 atom stereocenters. The molecule has 162 valence electrons. The van der Waals surface area contributed by atoms with Crippen LogP contribution in [-0.4, -0.2) is 44.5 Å². The zero-order valence-corrected chi connectivity index (χ0v) is 18.1. The second kappa shape index (κ2) is 7.42. The van der Waals surface area contributed by atoms with Gasteiger partial charge in [-0.3, -0.25) is 14.8 Å². The maximum atomic E-state index is 11.7. The Bertz CT molecular complexity index is 1340. The van der Waals surface area contributed by atoms with Gasteiger partial charge in [-0.25, -0.2) is 4.98 Å². The Morgan fingerprint density at radius 2 is 2.03 bits per heavy atom. The minimum absolute atomic E-state index is 0.211. The number of hydrogen-bond donors (Lipinski definition) is 3. The molecular weight excluding hydrogens is 402 g/mol. The number of carbonyl (C=O) groups is 1. The molecule has 4 heterocycles. The molecule has 5 N–H and O–H groups in total. The van der Waals surface area contributed by atoms with Gasteiger partial charge in [0, 0.05) is 42.8 Å². The summed E-state index contributed by atoms with van der Waals surface area (Å²) in [6.45, 7) is 5.62. The van der Waals surface area contributed by atoms with Gasteiger partial charge in [-0.15, -0.1) is 0 Å². The van der Waals surface area contributed by atoms with E-state index in [2.05, 4.69) is 26.8 Å². The van der Waals surface area contributed by atoms with Crippen LogP contribution in [0.4, 0.5) is 5.69 Å². The Kier molecular flexibility index (Phi) is 4.67. The van der Waals surface area contributed by atoms with Crippen molar-refractivity contribution in [3.05, 3.63) is 60.2 Å². The highest BCUT2D eigenvalue weighted by Crippen LogP contribution is 2.41. The molecule has 4 aromatic rings. The van der Waals surface area contributed by atoms with Gasteiger partial charge in [0.15, 0.2) is 0 Å². The number of nitrogens with zero attached hydrogens (tertiary/aromatic N) is 4. The van der Waals surface area contributed by atoms with Gasteiger partial charge in [-0.2, -0.15) is 0 Å². The number of para-hydroxylation sites is 1. The second-order valence-electron chi connectivity index (χ2n) is 8.76. The van der Waals surface area contributed by atoms with Crippen molar-refractivity contribution >= 4 is 22.6 Å². The van der Waals surface area contributed by atoms with Gasteiger partial charge in [0.25, 0.3) is 5.91 Å². The third-order valence-electron chi connectivity index (χ3n) is 6.03. The van der Waals surface area contributed by atoms with Crippen molar-refractivity contribution in [1.82, 2.24) is 19.9 Å². The highest BCUT2D eigenvalue weighted by molar-refractivity contribution is 5.95. The molecule has 1 aliphatic rings. The van der Waals surface area contributed by atoms with Gasteiger partial charge in [0.1, 0.15) is 11.5 Å². The van der Waals surface area contributed by atoms with Gasteiger partial charge in [-0.05, 0) is 49.6 Å². The Labute approximate surface area is 185 Å².